The molecule has 1 aliphatic heterocycles. The second kappa shape index (κ2) is 7.57. The number of hydrogen-bond acceptors (Lipinski definition) is 4. The Hall–Kier alpha value is -0.910. The van der Waals surface area contributed by atoms with Crippen LogP contribution < -0.4 is 0 Å². The van der Waals surface area contributed by atoms with Crippen molar-refractivity contribution in [2.75, 3.05) is 32.1 Å². The van der Waals surface area contributed by atoms with Gasteiger partial charge in [-0.2, -0.15) is 0 Å². The molecule has 22 heavy (non-hydrogen) atoms. The average Bonchev–Trinajstić information content (AvgIpc) is 2.47. The summed E-state index contributed by atoms with van der Waals surface area (Å²) in [5.74, 6) is 0.252. The van der Waals surface area contributed by atoms with E-state index in [2.05, 4.69) is 54.1 Å². The van der Waals surface area contributed by atoms with Crippen molar-refractivity contribution in [2.24, 2.45) is 0 Å². The van der Waals surface area contributed by atoms with Crippen LogP contribution in [-0.4, -0.2) is 62.4 Å². The number of rotatable bonds is 6. The van der Waals surface area contributed by atoms with Crippen molar-refractivity contribution in [1.29, 1.82) is 0 Å². The number of benzene rings is 1. The van der Waals surface area contributed by atoms with E-state index >= 15 is 0 Å². The van der Waals surface area contributed by atoms with Gasteiger partial charge in [0.15, 0.2) is 0 Å². The molecule has 1 heterocycles. The molecule has 1 aromatic carbocycles. The van der Waals surface area contributed by atoms with E-state index in [1.54, 1.807) is 0 Å². The third-order valence-corrected chi connectivity index (χ3v) is 5.58. The zero-order valence-electron chi connectivity index (χ0n) is 13.9. The lowest BCUT2D eigenvalue weighted by atomic mass is 9.96. The van der Waals surface area contributed by atoms with Crippen LogP contribution in [0.2, 0.25) is 0 Å². The summed E-state index contributed by atoms with van der Waals surface area (Å²) in [5.41, 5.74) is 1.36. The topological polar surface area (TPSA) is 40.6 Å². The first kappa shape index (κ1) is 17.4. The van der Waals surface area contributed by atoms with Crippen LogP contribution in [0, 0.1) is 0 Å². The minimum atomic E-state index is -2.87. The van der Waals surface area contributed by atoms with Gasteiger partial charge in [-0.25, -0.2) is 8.42 Å². The number of nitrogens with zero attached hydrogens (tertiary/aromatic N) is 2. The first-order chi connectivity index (χ1) is 10.3. The Balaban J connectivity index is 1.84. The molecule has 4 nitrogen and oxygen atoms in total. The highest BCUT2D eigenvalue weighted by atomic mass is 32.2. The second-order valence-electron chi connectivity index (χ2n) is 6.59. The van der Waals surface area contributed by atoms with E-state index in [1.165, 1.54) is 11.8 Å². The van der Waals surface area contributed by atoms with Gasteiger partial charge in [0.05, 0.1) is 5.75 Å². The van der Waals surface area contributed by atoms with Crippen LogP contribution in [0.25, 0.3) is 0 Å². The summed E-state index contributed by atoms with van der Waals surface area (Å²) in [7, 11) is -0.824. The maximum Gasteiger partial charge on any atom is 0.148 e. The molecular weight excluding hydrogens is 296 g/mol. The minimum absolute atomic E-state index is 0.252. The molecule has 1 aliphatic rings. The van der Waals surface area contributed by atoms with Crippen LogP contribution in [0.5, 0.6) is 0 Å². The maximum absolute atomic E-state index is 11.3. The van der Waals surface area contributed by atoms with Crippen LogP contribution >= 0.6 is 0 Å². The summed E-state index contributed by atoms with van der Waals surface area (Å²) >= 11 is 0. The smallest absolute Gasteiger partial charge is 0.148 e. The fourth-order valence-corrected chi connectivity index (χ4v) is 3.76. The third kappa shape index (κ3) is 5.38. The molecule has 0 aromatic heterocycles. The molecule has 1 aromatic rings. The Labute approximate surface area is 135 Å². The van der Waals surface area contributed by atoms with E-state index in [1.807, 2.05) is 0 Å². The van der Waals surface area contributed by atoms with Crippen molar-refractivity contribution >= 4 is 9.84 Å². The summed E-state index contributed by atoms with van der Waals surface area (Å²) in [4.78, 5) is 4.74. The zero-order valence-corrected chi connectivity index (χ0v) is 14.7. The molecule has 0 amide bonds. The standard InChI is InChI=1S/C17H28N2O2S/c1-15-13-17(18(2)11-12-22(3,20)21)9-10-19(15)14-16-7-5-4-6-8-16/h4-8,15,17H,9-14H2,1-3H3/t15-,17+/m0/s1. The lowest BCUT2D eigenvalue weighted by Gasteiger charge is -2.41. The van der Waals surface area contributed by atoms with Gasteiger partial charge < -0.3 is 4.90 Å². The first-order valence-corrected chi connectivity index (χ1v) is 10.1. The summed E-state index contributed by atoms with van der Waals surface area (Å²) in [6, 6.07) is 11.6. The number of hydrogen-bond donors (Lipinski definition) is 0. The van der Waals surface area contributed by atoms with Crippen LogP contribution in [0.15, 0.2) is 30.3 Å². The van der Waals surface area contributed by atoms with Crippen molar-refractivity contribution in [1.82, 2.24) is 9.80 Å². The maximum atomic E-state index is 11.3. The van der Waals surface area contributed by atoms with E-state index in [4.69, 9.17) is 0 Å². The Morgan fingerprint density at radius 1 is 1.27 bits per heavy atom. The largest absolute Gasteiger partial charge is 0.302 e. The van der Waals surface area contributed by atoms with E-state index in [-0.39, 0.29) is 5.75 Å². The van der Waals surface area contributed by atoms with E-state index in [0.717, 1.165) is 25.9 Å². The quantitative estimate of drug-likeness (QED) is 0.803. The molecule has 0 N–H and O–H groups in total. The first-order valence-electron chi connectivity index (χ1n) is 8.01. The molecule has 0 unspecified atom stereocenters. The van der Waals surface area contributed by atoms with Crippen LogP contribution in [0.1, 0.15) is 25.3 Å². The van der Waals surface area contributed by atoms with Crippen molar-refractivity contribution in [3.8, 4) is 0 Å². The third-order valence-electron chi connectivity index (χ3n) is 4.65. The van der Waals surface area contributed by atoms with Gasteiger partial charge in [-0.1, -0.05) is 30.3 Å². The van der Waals surface area contributed by atoms with Gasteiger partial charge >= 0.3 is 0 Å². The summed E-state index contributed by atoms with van der Waals surface area (Å²) in [6.45, 7) is 4.99. The van der Waals surface area contributed by atoms with Crippen LogP contribution in [-0.2, 0) is 16.4 Å². The van der Waals surface area contributed by atoms with Gasteiger partial charge in [-0.3, -0.25) is 4.90 Å². The van der Waals surface area contributed by atoms with Gasteiger partial charge in [0.2, 0.25) is 0 Å². The van der Waals surface area contributed by atoms with Crippen molar-refractivity contribution in [3.63, 3.8) is 0 Å². The lowest BCUT2D eigenvalue weighted by molar-refractivity contribution is 0.0832. The van der Waals surface area contributed by atoms with Crippen molar-refractivity contribution < 1.29 is 8.42 Å². The molecule has 0 radical (unpaired) electrons. The Bertz CT molecular complexity index is 559. The fraction of sp³-hybridized carbons (Fsp3) is 0.647. The Kier molecular flexibility index (Phi) is 6.01. The zero-order chi connectivity index (χ0) is 16.2. The fourth-order valence-electron chi connectivity index (χ4n) is 3.14. The molecule has 0 bridgehead atoms. The molecule has 0 saturated carbocycles. The van der Waals surface area contributed by atoms with E-state index in [9.17, 15) is 8.42 Å². The predicted molar refractivity (Wildman–Crippen MR) is 91.7 cm³/mol. The molecule has 1 saturated heterocycles. The molecule has 0 aliphatic carbocycles. The summed E-state index contributed by atoms with van der Waals surface area (Å²) in [5, 5.41) is 0. The molecular formula is C17H28N2O2S. The monoisotopic (exact) mass is 324 g/mol. The number of likely N-dealkylation sites (tertiary alicyclic amines) is 1. The minimum Gasteiger partial charge on any atom is -0.302 e. The van der Waals surface area contributed by atoms with Crippen LogP contribution in [0.4, 0.5) is 0 Å². The van der Waals surface area contributed by atoms with Gasteiger partial charge in [0, 0.05) is 38.0 Å². The Morgan fingerprint density at radius 2 is 1.95 bits per heavy atom. The van der Waals surface area contributed by atoms with E-state index < -0.39 is 9.84 Å². The highest BCUT2D eigenvalue weighted by molar-refractivity contribution is 7.90. The highest BCUT2D eigenvalue weighted by Gasteiger charge is 2.27. The number of piperidine rings is 1. The average molecular weight is 324 g/mol. The second-order valence-corrected chi connectivity index (χ2v) is 8.85. The van der Waals surface area contributed by atoms with Crippen molar-refractivity contribution in [2.45, 2.75) is 38.4 Å². The Morgan fingerprint density at radius 3 is 2.55 bits per heavy atom. The lowest BCUT2D eigenvalue weighted by Crippen LogP contribution is -2.48. The van der Waals surface area contributed by atoms with Gasteiger partial charge in [-0.15, -0.1) is 0 Å². The summed E-state index contributed by atoms with van der Waals surface area (Å²) < 4.78 is 22.6. The van der Waals surface area contributed by atoms with Gasteiger partial charge in [0.25, 0.3) is 0 Å². The summed E-state index contributed by atoms with van der Waals surface area (Å²) in [6.07, 6.45) is 3.52. The molecule has 5 heteroatoms. The van der Waals surface area contributed by atoms with Crippen molar-refractivity contribution in [3.05, 3.63) is 35.9 Å². The number of sulfone groups is 1. The molecule has 2 atom stereocenters. The SMILES string of the molecule is C[C@H]1C[C@H](N(C)CCS(C)(=O)=O)CCN1Cc1ccccc1. The van der Waals surface area contributed by atoms with Crippen LogP contribution in [0.3, 0.4) is 0 Å². The van der Waals surface area contributed by atoms with Gasteiger partial charge in [0.1, 0.15) is 9.84 Å². The normalized spacial score (nSPS) is 23.8. The highest BCUT2D eigenvalue weighted by Crippen LogP contribution is 2.22. The van der Waals surface area contributed by atoms with Gasteiger partial charge in [-0.05, 0) is 32.4 Å². The predicted octanol–water partition coefficient (Wildman–Crippen LogP) is 2.02. The molecule has 124 valence electrons. The molecule has 2 rings (SSSR count). The van der Waals surface area contributed by atoms with E-state index in [0.29, 0.717) is 18.6 Å². The molecule has 1 fully saturated rings. The molecule has 0 spiro atoms.